The summed E-state index contributed by atoms with van der Waals surface area (Å²) in [5.41, 5.74) is 0.673. The van der Waals surface area contributed by atoms with Gasteiger partial charge in [0, 0.05) is 12.2 Å². The number of hydrogen-bond acceptors (Lipinski definition) is 4. The van der Waals surface area contributed by atoms with Crippen LogP contribution in [0.2, 0.25) is 0 Å². The van der Waals surface area contributed by atoms with E-state index in [4.69, 9.17) is 0 Å². The Kier molecular flexibility index (Phi) is 6.32. The van der Waals surface area contributed by atoms with Gasteiger partial charge in [0.05, 0.1) is 16.4 Å². The maximum Gasteiger partial charge on any atom is 0.324 e. The number of carbonyl (C=O) groups is 3. The molecule has 2 rings (SSSR count). The molecule has 0 radical (unpaired) electrons. The molecule has 8 heteroatoms. The van der Waals surface area contributed by atoms with Gasteiger partial charge in [0.1, 0.15) is 0 Å². The van der Waals surface area contributed by atoms with E-state index in [1.807, 2.05) is 18.2 Å². The minimum absolute atomic E-state index is 0.0815. The number of carbonyl (C=O) groups excluding carboxylic acids is 3. The van der Waals surface area contributed by atoms with Gasteiger partial charge < -0.3 is 16.0 Å². The Morgan fingerprint density at radius 2 is 1.71 bits per heavy atom. The van der Waals surface area contributed by atoms with Gasteiger partial charge in [-0.1, -0.05) is 18.2 Å². The molecule has 0 saturated heterocycles. The molecule has 0 bridgehead atoms. The number of anilines is 2. The van der Waals surface area contributed by atoms with Crippen LogP contribution in [0.1, 0.15) is 16.6 Å². The molecule has 4 N–H and O–H groups in total. The number of para-hydroxylation sites is 1. The number of amides is 4. The van der Waals surface area contributed by atoms with E-state index >= 15 is 0 Å². The van der Waals surface area contributed by atoms with Crippen LogP contribution in [0.3, 0.4) is 0 Å². The van der Waals surface area contributed by atoms with Crippen LogP contribution < -0.4 is 21.3 Å². The highest BCUT2D eigenvalue weighted by molar-refractivity contribution is 7.18. The summed E-state index contributed by atoms with van der Waals surface area (Å²) in [7, 11) is 0. The Morgan fingerprint density at radius 1 is 0.958 bits per heavy atom. The zero-order valence-corrected chi connectivity index (χ0v) is 13.9. The van der Waals surface area contributed by atoms with Gasteiger partial charge >= 0.3 is 6.03 Å². The van der Waals surface area contributed by atoms with Crippen LogP contribution >= 0.6 is 11.3 Å². The van der Waals surface area contributed by atoms with Crippen LogP contribution in [0.5, 0.6) is 0 Å². The molecular formula is C16H18N4O3S. The van der Waals surface area contributed by atoms with E-state index in [1.54, 1.807) is 31.2 Å². The van der Waals surface area contributed by atoms with Crippen molar-refractivity contribution in [2.75, 3.05) is 23.7 Å². The van der Waals surface area contributed by atoms with E-state index in [1.165, 1.54) is 0 Å². The van der Waals surface area contributed by atoms with E-state index in [9.17, 15) is 14.4 Å². The Labute approximate surface area is 143 Å². The SMILES string of the molecule is CCNC(=O)CNC(=O)c1ccc(NC(=O)Nc2ccccc2)s1. The highest BCUT2D eigenvalue weighted by Gasteiger charge is 2.12. The van der Waals surface area contributed by atoms with Crippen LogP contribution in [0.25, 0.3) is 0 Å². The molecule has 24 heavy (non-hydrogen) atoms. The lowest BCUT2D eigenvalue weighted by Crippen LogP contribution is -2.36. The number of rotatable bonds is 6. The van der Waals surface area contributed by atoms with Crippen LogP contribution in [-0.2, 0) is 4.79 Å². The monoisotopic (exact) mass is 346 g/mol. The van der Waals surface area contributed by atoms with Crippen molar-refractivity contribution in [3.05, 3.63) is 47.3 Å². The van der Waals surface area contributed by atoms with Gasteiger partial charge in [-0.3, -0.25) is 14.9 Å². The second-order valence-electron chi connectivity index (χ2n) is 4.75. The molecular weight excluding hydrogens is 328 g/mol. The topological polar surface area (TPSA) is 99.3 Å². The molecule has 126 valence electrons. The molecule has 1 aromatic carbocycles. The first-order chi connectivity index (χ1) is 11.6. The third-order valence-electron chi connectivity index (χ3n) is 2.88. The number of urea groups is 1. The number of thiophene rings is 1. The number of hydrogen-bond donors (Lipinski definition) is 4. The van der Waals surface area contributed by atoms with Gasteiger partial charge in [-0.2, -0.15) is 0 Å². The number of nitrogens with one attached hydrogen (secondary N) is 4. The van der Waals surface area contributed by atoms with Crippen molar-refractivity contribution in [1.82, 2.24) is 10.6 Å². The molecule has 7 nitrogen and oxygen atoms in total. The highest BCUT2D eigenvalue weighted by Crippen LogP contribution is 2.22. The number of likely N-dealkylation sites (N-methyl/N-ethyl adjacent to an activating group) is 1. The lowest BCUT2D eigenvalue weighted by molar-refractivity contribution is -0.120. The molecule has 0 saturated carbocycles. The average molecular weight is 346 g/mol. The summed E-state index contributed by atoms with van der Waals surface area (Å²) in [6, 6.07) is 11.9. The summed E-state index contributed by atoms with van der Waals surface area (Å²) in [6.45, 7) is 2.23. The fourth-order valence-corrected chi connectivity index (χ4v) is 2.65. The van der Waals surface area contributed by atoms with Crippen LogP contribution in [0, 0.1) is 0 Å². The molecule has 0 unspecified atom stereocenters. The van der Waals surface area contributed by atoms with Crippen molar-refractivity contribution in [1.29, 1.82) is 0 Å². The molecule has 1 heterocycles. The quantitative estimate of drug-likeness (QED) is 0.645. The number of benzene rings is 1. The van der Waals surface area contributed by atoms with E-state index in [2.05, 4.69) is 21.3 Å². The van der Waals surface area contributed by atoms with Crippen molar-refractivity contribution in [2.24, 2.45) is 0 Å². The fraction of sp³-hybridized carbons (Fsp3) is 0.188. The maximum atomic E-state index is 11.9. The summed E-state index contributed by atoms with van der Waals surface area (Å²) in [6.07, 6.45) is 0. The minimum atomic E-state index is -0.391. The first-order valence-corrected chi connectivity index (χ1v) is 8.18. The minimum Gasteiger partial charge on any atom is -0.355 e. The summed E-state index contributed by atoms with van der Waals surface area (Å²) in [4.78, 5) is 35.5. The third kappa shape index (κ3) is 5.40. The van der Waals surface area contributed by atoms with Gasteiger partial charge in [0.25, 0.3) is 5.91 Å². The molecule has 0 fully saturated rings. The van der Waals surface area contributed by atoms with Gasteiger partial charge in [-0.15, -0.1) is 11.3 Å². The predicted octanol–water partition coefficient (Wildman–Crippen LogP) is 2.26. The molecule has 1 aromatic heterocycles. The smallest absolute Gasteiger partial charge is 0.324 e. The molecule has 0 spiro atoms. The molecule has 0 atom stereocenters. The van der Waals surface area contributed by atoms with E-state index in [0.29, 0.717) is 22.1 Å². The Bertz CT molecular complexity index is 715. The van der Waals surface area contributed by atoms with Crippen molar-refractivity contribution >= 4 is 39.9 Å². The van der Waals surface area contributed by atoms with Crippen LogP contribution in [-0.4, -0.2) is 30.9 Å². The van der Waals surface area contributed by atoms with Gasteiger partial charge in [-0.25, -0.2) is 4.79 Å². The summed E-state index contributed by atoms with van der Waals surface area (Å²) in [5.74, 6) is -0.606. The van der Waals surface area contributed by atoms with Gasteiger partial charge in [0.15, 0.2) is 0 Å². The van der Waals surface area contributed by atoms with Gasteiger partial charge in [-0.05, 0) is 31.2 Å². The lowest BCUT2D eigenvalue weighted by atomic mass is 10.3. The summed E-state index contributed by atoms with van der Waals surface area (Å²) >= 11 is 1.13. The molecule has 0 aliphatic heterocycles. The van der Waals surface area contributed by atoms with Crippen LogP contribution in [0.4, 0.5) is 15.5 Å². The van der Waals surface area contributed by atoms with Crippen molar-refractivity contribution in [3.8, 4) is 0 Å². The molecule has 0 aliphatic rings. The van der Waals surface area contributed by atoms with E-state index < -0.39 is 6.03 Å². The Morgan fingerprint density at radius 3 is 2.42 bits per heavy atom. The summed E-state index contributed by atoms with van der Waals surface area (Å²) < 4.78 is 0. The van der Waals surface area contributed by atoms with Gasteiger partial charge in [0.2, 0.25) is 5.91 Å². The Hall–Kier alpha value is -2.87. The predicted molar refractivity (Wildman–Crippen MR) is 94.4 cm³/mol. The largest absolute Gasteiger partial charge is 0.355 e. The van der Waals surface area contributed by atoms with E-state index in [0.717, 1.165) is 11.3 Å². The zero-order chi connectivity index (χ0) is 17.4. The normalized spacial score (nSPS) is 9.88. The summed E-state index contributed by atoms with van der Waals surface area (Å²) in [5, 5.41) is 11.0. The van der Waals surface area contributed by atoms with Crippen LogP contribution in [0.15, 0.2) is 42.5 Å². The van der Waals surface area contributed by atoms with Crippen molar-refractivity contribution in [2.45, 2.75) is 6.92 Å². The average Bonchev–Trinajstić information content (AvgIpc) is 3.02. The van der Waals surface area contributed by atoms with Crippen molar-refractivity contribution < 1.29 is 14.4 Å². The Balaban J connectivity index is 1.85. The first-order valence-electron chi connectivity index (χ1n) is 7.36. The molecule has 0 aliphatic carbocycles. The first kappa shape index (κ1) is 17.5. The van der Waals surface area contributed by atoms with Crippen molar-refractivity contribution in [3.63, 3.8) is 0 Å². The fourth-order valence-electron chi connectivity index (χ4n) is 1.83. The zero-order valence-electron chi connectivity index (χ0n) is 13.1. The maximum absolute atomic E-state index is 11.9. The lowest BCUT2D eigenvalue weighted by Gasteiger charge is -2.05. The second kappa shape index (κ2) is 8.68. The third-order valence-corrected chi connectivity index (χ3v) is 3.88. The van der Waals surface area contributed by atoms with E-state index in [-0.39, 0.29) is 18.4 Å². The highest BCUT2D eigenvalue weighted by atomic mass is 32.1. The molecule has 4 amide bonds. The second-order valence-corrected chi connectivity index (χ2v) is 5.83. The molecule has 2 aromatic rings. The standard InChI is InChI=1S/C16H18N4O3S/c1-2-17-13(21)10-18-15(22)12-8-9-14(24-12)20-16(23)19-11-6-4-3-5-7-11/h3-9H,2,10H2,1H3,(H,17,21)(H,18,22)(H2,19,20,23).